The second-order valence-electron chi connectivity index (χ2n) is 1.52. The van der Waals surface area contributed by atoms with Gasteiger partial charge in [0, 0.05) is 6.20 Å². The molecule has 1 aromatic rings. The van der Waals surface area contributed by atoms with E-state index in [1.165, 1.54) is 7.11 Å². The molecule has 0 aromatic carbocycles. The Balaban J connectivity index is 2.97. The quantitative estimate of drug-likeness (QED) is 0.543. The maximum absolute atomic E-state index is 4.52. The molecular formula is C6H8N2O. The number of pyridine rings is 1. The molecule has 0 fully saturated rings. The van der Waals surface area contributed by atoms with Gasteiger partial charge in [0.25, 0.3) is 0 Å². The van der Waals surface area contributed by atoms with E-state index in [1.54, 1.807) is 6.20 Å². The van der Waals surface area contributed by atoms with Gasteiger partial charge in [0.15, 0.2) is 5.49 Å². The number of aromatic amines is 1. The van der Waals surface area contributed by atoms with Crippen LogP contribution in [0.4, 0.5) is 0 Å². The lowest BCUT2D eigenvalue weighted by Crippen LogP contribution is -2.04. The van der Waals surface area contributed by atoms with E-state index >= 15 is 0 Å². The third-order valence-corrected chi connectivity index (χ3v) is 0.882. The molecule has 0 bridgehead atoms. The van der Waals surface area contributed by atoms with Gasteiger partial charge >= 0.3 is 0 Å². The fourth-order valence-corrected chi connectivity index (χ4v) is 0.539. The summed E-state index contributed by atoms with van der Waals surface area (Å²) in [5.41, 5.74) is 0.722. The summed E-state index contributed by atoms with van der Waals surface area (Å²) in [6, 6.07) is 5.59. The van der Waals surface area contributed by atoms with Crippen molar-refractivity contribution in [3.63, 3.8) is 0 Å². The van der Waals surface area contributed by atoms with Crippen molar-refractivity contribution in [3.05, 3.63) is 29.9 Å². The van der Waals surface area contributed by atoms with Gasteiger partial charge in [-0.05, 0) is 12.1 Å². The molecule has 48 valence electrons. The molecule has 1 N–H and O–H groups in total. The van der Waals surface area contributed by atoms with Crippen LogP contribution in [0, 0.1) is 0 Å². The lowest BCUT2D eigenvalue weighted by atomic mass is 10.5. The fourth-order valence-electron chi connectivity index (χ4n) is 0.539. The molecule has 0 radical (unpaired) electrons. The zero-order chi connectivity index (χ0) is 6.53. The highest BCUT2D eigenvalue weighted by atomic mass is 16.6. The van der Waals surface area contributed by atoms with Gasteiger partial charge in [-0.25, -0.2) is 0 Å². The van der Waals surface area contributed by atoms with Crippen LogP contribution in [0.5, 0.6) is 0 Å². The maximum Gasteiger partial charge on any atom is 0.169 e. The van der Waals surface area contributed by atoms with E-state index in [0.717, 1.165) is 5.49 Å². The Morgan fingerprint density at radius 3 is 3.00 bits per heavy atom. The van der Waals surface area contributed by atoms with Gasteiger partial charge in [0.1, 0.15) is 7.11 Å². The highest BCUT2D eigenvalue weighted by Gasteiger charge is 1.72. The third-order valence-electron chi connectivity index (χ3n) is 0.882. The molecule has 0 atom stereocenters. The van der Waals surface area contributed by atoms with Gasteiger partial charge in [0.2, 0.25) is 0 Å². The first-order valence-corrected chi connectivity index (χ1v) is 2.64. The highest BCUT2D eigenvalue weighted by molar-refractivity contribution is 4.88. The summed E-state index contributed by atoms with van der Waals surface area (Å²) in [5, 5.41) is 3.65. The van der Waals surface area contributed by atoms with Crippen LogP contribution in [0.2, 0.25) is 0 Å². The van der Waals surface area contributed by atoms with Crippen LogP contribution >= 0.6 is 0 Å². The number of nitrogens with one attached hydrogen (secondary N) is 1. The highest BCUT2D eigenvalue weighted by Crippen LogP contribution is 1.70. The first kappa shape index (κ1) is 5.88. The van der Waals surface area contributed by atoms with Crippen LogP contribution < -0.4 is 5.49 Å². The first-order chi connectivity index (χ1) is 4.43. The molecule has 1 aromatic heterocycles. The van der Waals surface area contributed by atoms with E-state index in [2.05, 4.69) is 15.0 Å². The number of nitrogens with zero attached hydrogens (tertiary/aromatic N) is 1. The normalized spacial score (nSPS) is 11.4. The summed E-state index contributed by atoms with van der Waals surface area (Å²) in [7, 11) is 1.51. The predicted molar refractivity (Wildman–Crippen MR) is 33.4 cm³/mol. The first-order valence-electron chi connectivity index (χ1n) is 2.64. The number of rotatable bonds is 1. The summed E-state index contributed by atoms with van der Waals surface area (Å²) in [4.78, 5) is 7.40. The molecule has 3 heteroatoms. The average molecular weight is 124 g/mol. The molecule has 0 aliphatic rings. The van der Waals surface area contributed by atoms with Gasteiger partial charge in [0.05, 0.1) is 0 Å². The van der Waals surface area contributed by atoms with Crippen LogP contribution in [0.25, 0.3) is 0 Å². The van der Waals surface area contributed by atoms with Gasteiger partial charge < -0.3 is 9.82 Å². The van der Waals surface area contributed by atoms with Crippen molar-refractivity contribution >= 4 is 0 Å². The van der Waals surface area contributed by atoms with Crippen LogP contribution in [-0.4, -0.2) is 12.1 Å². The van der Waals surface area contributed by atoms with Gasteiger partial charge in [-0.3, -0.25) is 0 Å². The smallest absolute Gasteiger partial charge is 0.169 e. The monoisotopic (exact) mass is 124 g/mol. The van der Waals surface area contributed by atoms with E-state index in [9.17, 15) is 0 Å². The second-order valence-corrected chi connectivity index (χ2v) is 1.52. The van der Waals surface area contributed by atoms with Crippen molar-refractivity contribution < 1.29 is 4.84 Å². The third kappa shape index (κ3) is 1.60. The molecule has 0 saturated carbocycles. The van der Waals surface area contributed by atoms with Gasteiger partial charge in [-0.2, -0.15) is 0 Å². The summed E-state index contributed by atoms with van der Waals surface area (Å²) in [6.45, 7) is 0. The van der Waals surface area contributed by atoms with Gasteiger partial charge in [-0.1, -0.05) is 11.2 Å². The van der Waals surface area contributed by atoms with Crippen LogP contribution in [-0.2, 0) is 4.84 Å². The van der Waals surface area contributed by atoms with Crippen molar-refractivity contribution in [3.8, 4) is 0 Å². The molecular weight excluding hydrogens is 116 g/mol. The van der Waals surface area contributed by atoms with E-state index in [1.807, 2.05) is 18.2 Å². The summed E-state index contributed by atoms with van der Waals surface area (Å²) in [6.07, 6.45) is 1.79. The zero-order valence-corrected chi connectivity index (χ0v) is 5.16. The Hall–Kier alpha value is -1.25. The lowest BCUT2D eigenvalue weighted by molar-refractivity contribution is 0.198. The fraction of sp³-hybridized carbons (Fsp3) is 0.167. The molecule has 0 amide bonds. The minimum Gasteiger partial charge on any atom is -0.397 e. The Bertz CT molecular complexity index is 211. The number of H-pyrrole nitrogens is 1. The van der Waals surface area contributed by atoms with E-state index in [4.69, 9.17) is 0 Å². The number of hydrogen-bond acceptors (Lipinski definition) is 2. The van der Waals surface area contributed by atoms with Crippen molar-refractivity contribution in [2.75, 3.05) is 7.11 Å². The molecule has 3 nitrogen and oxygen atoms in total. The number of aromatic nitrogens is 1. The Labute approximate surface area is 53.0 Å². The van der Waals surface area contributed by atoms with Crippen molar-refractivity contribution in [1.82, 2.24) is 4.98 Å². The van der Waals surface area contributed by atoms with E-state index < -0.39 is 0 Å². The molecule has 1 heterocycles. The van der Waals surface area contributed by atoms with Gasteiger partial charge in [-0.15, -0.1) is 0 Å². The minimum absolute atomic E-state index is 0.722. The molecule has 0 spiro atoms. The van der Waals surface area contributed by atoms with Crippen molar-refractivity contribution in [2.45, 2.75) is 0 Å². The van der Waals surface area contributed by atoms with Crippen molar-refractivity contribution in [2.24, 2.45) is 5.16 Å². The Morgan fingerprint density at radius 2 is 2.44 bits per heavy atom. The topological polar surface area (TPSA) is 37.4 Å². The van der Waals surface area contributed by atoms with Crippen LogP contribution in [0.3, 0.4) is 0 Å². The zero-order valence-electron chi connectivity index (χ0n) is 5.16. The summed E-state index contributed by atoms with van der Waals surface area (Å²) < 4.78 is 0. The standard InChI is InChI=1S/C6H8N2O/c1-9-8-6-4-2-3-5-7-6/h2-5H,1H3,(H,7,8). The Morgan fingerprint density at radius 1 is 1.56 bits per heavy atom. The van der Waals surface area contributed by atoms with E-state index in [-0.39, 0.29) is 0 Å². The summed E-state index contributed by atoms with van der Waals surface area (Å²) in [5.74, 6) is 0. The molecule has 0 unspecified atom stereocenters. The van der Waals surface area contributed by atoms with Crippen LogP contribution in [0.15, 0.2) is 29.6 Å². The minimum atomic E-state index is 0.722. The molecule has 0 saturated heterocycles. The van der Waals surface area contributed by atoms with E-state index in [0.29, 0.717) is 0 Å². The second kappa shape index (κ2) is 2.91. The molecule has 1 rings (SSSR count). The lowest BCUT2D eigenvalue weighted by Gasteiger charge is -1.84. The largest absolute Gasteiger partial charge is 0.397 e. The van der Waals surface area contributed by atoms with Crippen LogP contribution in [0.1, 0.15) is 0 Å². The predicted octanol–water partition coefficient (Wildman–Crippen LogP) is 0.477. The number of hydrogen-bond donors (Lipinski definition) is 1. The average Bonchev–Trinajstić information content (AvgIpc) is 1.91. The van der Waals surface area contributed by atoms with Crippen molar-refractivity contribution in [1.29, 1.82) is 0 Å². The molecule has 0 aliphatic carbocycles. The SMILES string of the molecule is CON=c1cccc[nH]1. The molecule has 9 heavy (non-hydrogen) atoms. The molecule has 0 aliphatic heterocycles. The maximum atomic E-state index is 4.52. The summed E-state index contributed by atoms with van der Waals surface area (Å²) >= 11 is 0. The Kier molecular flexibility index (Phi) is 1.90.